The van der Waals surface area contributed by atoms with Gasteiger partial charge in [-0.1, -0.05) is 0 Å². The molecule has 0 aromatic heterocycles. The van der Waals surface area contributed by atoms with Crippen LogP contribution < -0.4 is 11.5 Å². The molecule has 0 radical (unpaired) electrons. The highest BCUT2D eigenvalue weighted by Gasteiger charge is 2.21. The van der Waals surface area contributed by atoms with E-state index < -0.39 is 12.2 Å². The molecule has 0 aliphatic carbocycles. The van der Waals surface area contributed by atoms with Gasteiger partial charge in [-0.15, -0.1) is 4.99 Å². The molecule has 0 spiro atoms. The lowest BCUT2D eigenvalue weighted by molar-refractivity contribution is 0.0822. The van der Waals surface area contributed by atoms with Crippen molar-refractivity contribution in [1.29, 1.82) is 0 Å². The highest BCUT2D eigenvalue weighted by Crippen LogP contribution is 2.14. The molecule has 1 amide bonds. The summed E-state index contributed by atoms with van der Waals surface area (Å²) in [6.07, 6.45) is -0.188. The van der Waals surface area contributed by atoms with Crippen molar-refractivity contribution >= 4 is 18.2 Å². The Labute approximate surface area is 111 Å². The fraction of sp³-hybridized carbons (Fsp3) is 0.727. The number of hydrogen-bond donors (Lipinski definition) is 2. The molecule has 8 heteroatoms. The van der Waals surface area contributed by atoms with Gasteiger partial charge >= 0.3 is 12.2 Å². The summed E-state index contributed by atoms with van der Waals surface area (Å²) in [6.45, 7) is 3.65. The molecular weight excluding hydrogens is 252 g/mol. The van der Waals surface area contributed by atoms with Crippen LogP contribution in [0.15, 0.2) is 4.99 Å². The summed E-state index contributed by atoms with van der Waals surface area (Å²) in [5.74, 6) is 0.371. The van der Waals surface area contributed by atoms with Crippen LogP contribution in [0.1, 0.15) is 19.8 Å². The second-order valence-corrected chi connectivity index (χ2v) is 4.21. The first-order valence-corrected chi connectivity index (χ1v) is 6.24. The zero-order valence-electron chi connectivity index (χ0n) is 11.0. The van der Waals surface area contributed by atoms with Crippen molar-refractivity contribution in [2.75, 3.05) is 26.2 Å². The molecule has 19 heavy (non-hydrogen) atoms. The van der Waals surface area contributed by atoms with Crippen LogP contribution in [-0.4, -0.2) is 49.3 Å². The number of rotatable bonds is 2. The largest absolute Gasteiger partial charge is 0.517 e. The summed E-state index contributed by atoms with van der Waals surface area (Å²) in [4.78, 5) is 27.5. The lowest BCUT2D eigenvalue weighted by Gasteiger charge is -2.32. The smallest absolute Gasteiger partial charge is 0.434 e. The molecule has 1 fully saturated rings. The summed E-state index contributed by atoms with van der Waals surface area (Å²) in [6, 6.07) is 0. The highest BCUT2D eigenvalue weighted by atomic mass is 16.7. The molecule has 1 saturated heterocycles. The second-order valence-electron chi connectivity index (χ2n) is 4.21. The summed E-state index contributed by atoms with van der Waals surface area (Å²) in [7, 11) is 0. The maximum atomic E-state index is 11.3. The van der Waals surface area contributed by atoms with Gasteiger partial charge in [0.05, 0.1) is 6.61 Å². The van der Waals surface area contributed by atoms with E-state index in [9.17, 15) is 9.59 Å². The molecule has 0 bridgehead atoms. The van der Waals surface area contributed by atoms with Crippen molar-refractivity contribution < 1.29 is 19.1 Å². The Morgan fingerprint density at radius 1 is 1.47 bits per heavy atom. The van der Waals surface area contributed by atoms with E-state index in [2.05, 4.69) is 14.5 Å². The molecule has 0 aromatic rings. The van der Waals surface area contributed by atoms with Gasteiger partial charge < -0.3 is 25.8 Å². The normalized spacial score (nSPS) is 20.0. The fourth-order valence-corrected chi connectivity index (χ4v) is 1.87. The molecule has 1 aliphatic rings. The minimum Gasteiger partial charge on any atom is -0.434 e. The van der Waals surface area contributed by atoms with E-state index in [0.717, 1.165) is 12.8 Å². The predicted molar refractivity (Wildman–Crippen MR) is 68.5 cm³/mol. The third-order valence-electron chi connectivity index (χ3n) is 2.81. The Bertz CT molecular complexity index is 359. The second kappa shape index (κ2) is 7.57. The summed E-state index contributed by atoms with van der Waals surface area (Å²) >= 11 is 0. The number of carbonyl (C=O) groups excluding carboxylic acids is 2. The zero-order valence-corrected chi connectivity index (χ0v) is 11.0. The van der Waals surface area contributed by atoms with Crippen molar-refractivity contribution in [3.8, 4) is 0 Å². The summed E-state index contributed by atoms with van der Waals surface area (Å²) < 4.78 is 8.74. The Balaban J connectivity index is 2.50. The number of likely N-dealkylation sites (tertiary alicyclic amines) is 1. The molecule has 0 saturated carbocycles. The first kappa shape index (κ1) is 15.2. The average Bonchev–Trinajstić information content (AvgIpc) is 2.38. The molecule has 8 nitrogen and oxygen atoms in total. The average molecular weight is 272 g/mol. The Hall–Kier alpha value is -1.83. The number of aliphatic imine (C=N–C) groups is 1. The molecule has 0 aromatic carbocycles. The number of hydrogen-bond acceptors (Lipinski definition) is 5. The predicted octanol–water partition coefficient (Wildman–Crippen LogP) is 0.265. The minimum atomic E-state index is -1.08. The molecule has 108 valence electrons. The first-order valence-electron chi connectivity index (χ1n) is 6.24. The van der Waals surface area contributed by atoms with Gasteiger partial charge in [-0.3, -0.25) is 0 Å². The Morgan fingerprint density at radius 2 is 2.21 bits per heavy atom. The Kier molecular flexibility index (Phi) is 6.07. The summed E-state index contributed by atoms with van der Waals surface area (Å²) in [5, 5.41) is 0. The number of nitrogens with zero attached hydrogens (tertiary/aromatic N) is 2. The van der Waals surface area contributed by atoms with Gasteiger partial charge in [-0.25, -0.2) is 9.59 Å². The fourth-order valence-electron chi connectivity index (χ4n) is 1.87. The van der Waals surface area contributed by atoms with Crippen molar-refractivity contribution in [1.82, 2.24) is 4.90 Å². The number of guanidine groups is 1. The van der Waals surface area contributed by atoms with Crippen molar-refractivity contribution in [3.63, 3.8) is 0 Å². The zero-order chi connectivity index (χ0) is 14.3. The van der Waals surface area contributed by atoms with E-state index in [4.69, 9.17) is 11.5 Å². The van der Waals surface area contributed by atoms with E-state index in [1.165, 1.54) is 0 Å². The van der Waals surface area contributed by atoms with Crippen LogP contribution in [-0.2, 0) is 9.47 Å². The topological polar surface area (TPSA) is 120 Å². The first-order chi connectivity index (χ1) is 9.06. The standard InChI is InChI=1S/C11H20N4O4/c1-2-18-11(17)19-10(16)14-9(13)15-5-3-4-8(6-12)7-15/h8H,2-7,12H2,1H3,(H2,13,14,16)/t8-/m0/s1. The molecule has 1 atom stereocenters. The number of amides is 1. The molecular formula is C11H20N4O4. The van der Waals surface area contributed by atoms with Crippen LogP contribution in [0.25, 0.3) is 0 Å². The van der Waals surface area contributed by atoms with Crippen molar-refractivity contribution in [3.05, 3.63) is 0 Å². The van der Waals surface area contributed by atoms with Crippen molar-refractivity contribution in [2.45, 2.75) is 19.8 Å². The van der Waals surface area contributed by atoms with Gasteiger partial charge in [0.2, 0.25) is 5.96 Å². The minimum absolute atomic E-state index is 0.0347. The molecule has 1 heterocycles. The van der Waals surface area contributed by atoms with Gasteiger partial charge in [0.1, 0.15) is 0 Å². The van der Waals surface area contributed by atoms with Gasteiger partial charge in [0.25, 0.3) is 0 Å². The van der Waals surface area contributed by atoms with E-state index in [1.807, 2.05) is 0 Å². The monoisotopic (exact) mass is 272 g/mol. The maximum Gasteiger partial charge on any atom is 0.517 e. The van der Waals surface area contributed by atoms with Crippen molar-refractivity contribution in [2.24, 2.45) is 22.4 Å². The van der Waals surface area contributed by atoms with Crippen LogP contribution in [0.3, 0.4) is 0 Å². The Morgan fingerprint density at radius 3 is 2.84 bits per heavy atom. The lowest BCUT2D eigenvalue weighted by atomic mass is 9.99. The summed E-state index contributed by atoms with van der Waals surface area (Å²) in [5.41, 5.74) is 11.3. The van der Waals surface area contributed by atoms with E-state index >= 15 is 0 Å². The van der Waals surface area contributed by atoms with Gasteiger partial charge in [-0.05, 0) is 32.2 Å². The third kappa shape index (κ3) is 5.12. The van der Waals surface area contributed by atoms with Crippen LogP contribution >= 0.6 is 0 Å². The highest BCUT2D eigenvalue weighted by molar-refractivity contribution is 5.92. The van der Waals surface area contributed by atoms with E-state index in [1.54, 1.807) is 11.8 Å². The van der Waals surface area contributed by atoms with Gasteiger partial charge in [0, 0.05) is 13.1 Å². The van der Waals surface area contributed by atoms with Crippen LogP contribution in [0, 0.1) is 5.92 Å². The number of nitrogens with two attached hydrogens (primary N) is 2. The van der Waals surface area contributed by atoms with Crippen LogP contribution in [0.4, 0.5) is 9.59 Å². The number of piperidine rings is 1. The number of carbonyl (C=O) groups is 2. The SMILES string of the molecule is CCOC(=O)OC(=O)N=C(N)N1CCC[C@@H](CN)C1. The quantitative estimate of drug-likeness (QED) is 0.320. The van der Waals surface area contributed by atoms with Crippen LogP contribution in [0.2, 0.25) is 0 Å². The number of ether oxygens (including phenoxy) is 2. The van der Waals surface area contributed by atoms with Gasteiger partial charge in [0.15, 0.2) is 0 Å². The van der Waals surface area contributed by atoms with Crippen LogP contribution in [0.5, 0.6) is 0 Å². The van der Waals surface area contributed by atoms with E-state index in [0.29, 0.717) is 25.6 Å². The lowest BCUT2D eigenvalue weighted by Crippen LogP contribution is -2.46. The molecule has 0 unspecified atom stereocenters. The molecule has 1 aliphatic heterocycles. The molecule has 1 rings (SSSR count). The van der Waals surface area contributed by atoms with E-state index in [-0.39, 0.29) is 12.6 Å². The maximum absolute atomic E-state index is 11.3. The van der Waals surface area contributed by atoms with Gasteiger partial charge in [-0.2, -0.15) is 0 Å². The third-order valence-corrected chi connectivity index (χ3v) is 2.81. The molecule has 4 N–H and O–H groups in total.